The lowest BCUT2D eigenvalue weighted by Crippen LogP contribution is -2.54. The molecule has 1 atom stereocenters. The number of anilines is 2. The monoisotopic (exact) mass is 949 g/mol. The largest absolute Gasteiger partial charge is 0.479 e. The second-order valence-electron chi connectivity index (χ2n) is 15.5. The number of aryl methyl sites for hydroxylation is 1. The molecule has 18 nitrogen and oxygen atoms in total. The number of carboxylic acid groups (broad SMARTS) is 2. The molecule has 4 aromatic rings. The van der Waals surface area contributed by atoms with Gasteiger partial charge in [0.15, 0.2) is 17.2 Å². The molecule has 4 heterocycles. The number of sulfonamides is 1. The summed E-state index contributed by atoms with van der Waals surface area (Å²) in [6.45, 7) is 0.157. The second-order valence-corrected chi connectivity index (χ2v) is 18.9. The predicted octanol–water partition coefficient (Wildman–Crippen LogP) is 5.02. The van der Waals surface area contributed by atoms with Crippen LogP contribution in [-0.2, 0) is 46.1 Å². The van der Waals surface area contributed by atoms with E-state index >= 15 is 0 Å². The van der Waals surface area contributed by atoms with Crippen molar-refractivity contribution in [3.63, 3.8) is 0 Å². The van der Waals surface area contributed by atoms with Crippen molar-refractivity contribution in [2.45, 2.75) is 62.8 Å². The van der Waals surface area contributed by atoms with Gasteiger partial charge in [0.25, 0.3) is 11.8 Å². The van der Waals surface area contributed by atoms with Crippen LogP contribution in [0.15, 0.2) is 66.7 Å². The highest BCUT2D eigenvalue weighted by molar-refractivity contribution is 7.88. The smallest absolute Gasteiger partial charge is 0.349 e. The molecule has 0 saturated carbocycles. The van der Waals surface area contributed by atoms with Gasteiger partial charge in [-0.2, -0.15) is 0 Å². The lowest BCUT2D eigenvalue weighted by atomic mass is 9.99. The van der Waals surface area contributed by atoms with Crippen LogP contribution < -0.4 is 20.7 Å². The summed E-state index contributed by atoms with van der Waals surface area (Å²) in [5, 5.41) is 27.0. The predicted molar refractivity (Wildman–Crippen MR) is 238 cm³/mol. The molecule has 65 heavy (non-hydrogen) atoms. The van der Waals surface area contributed by atoms with Crippen molar-refractivity contribution in [1.29, 1.82) is 0 Å². The van der Waals surface area contributed by atoms with Crippen LogP contribution in [0.3, 0.4) is 0 Å². The molecule has 342 valence electrons. The third-order valence-electron chi connectivity index (χ3n) is 11.0. The van der Waals surface area contributed by atoms with Crippen molar-refractivity contribution in [3.05, 3.63) is 98.9 Å². The number of hydrogen-bond acceptors (Lipinski definition) is 13. The molecule has 0 bridgehead atoms. The first-order valence-corrected chi connectivity index (χ1v) is 23.4. The van der Waals surface area contributed by atoms with Crippen LogP contribution in [-0.4, -0.2) is 114 Å². The molecule has 0 spiro atoms. The first kappa shape index (κ1) is 46.8. The topological polar surface area (TPSA) is 255 Å². The summed E-state index contributed by atoms with van der Waals surface area (Å²) in [6, 6.07) is 17.6. The van der Waals surface area contributed by atoms with E-state index < -0.39 is 58.2 Å². The Hall–Kier alpha value is -6.19. The Morgan fingerprint density at radius 1 is 0.908 bits per heavy atom. The van der Waals surface area contributed by atoms with Crippen LogP contribution in [0.2, 0.25) is 5.02 Å². The van der Waals surface area contributed by atoms with E-state index in [4.69, 9.17) is 26.2 Å². The Kier molecular flexibility index (Phi) is 14.6. The van der Waals surface area contributed by atoms with Gasteiger partial charge in [-0.1, -0.05) is 48.0 Å². The lowest BCUT2D eigenvalue weighted by molar-refractivity contribution is -0.139. The number of piperidine rings is 2. The number of aromatic carboxylic acids is 1. The fourth-order valence-electron chi connectivity index (χ4n) is 7.94. The molecule has 7 rings (SSSR count). The molecule has 1 aromatic heterocycles. The van der Waals surface area contributed by atoms with Crippen molar-refractivity contribution in [2.24, 2.45) is 0 Å². The molecule has 3 aliphatic rings. The van der Waals surface area contributed by atoms with Crippen molar-refractivity contribution in [2.75, 3.05) is 43.5 Å². The fourth-order valence-corrected chi connectivity index (χ4v) is 10.9. The summed E-state index contributed by atoms with van der Waals surface area (Å²) in [6.07, 6.45) is 2.04. The number of thiophene rings is 1. The van der Waals surface area contributed by atoms with Crippen molar-refractivity contribution in [3.8, 4) is 16.2 Å². The molecule has 2 saturated heterocycles. The van der Waals surface area contributed by atoms with Crippen LogP contribution in [0.1, 0.15) is 80.0 Å². The number of aliphatic carboxylic acids is 1. The molecule has 2 fully saturated rings. The SMILES string of the molecule is O=C(O)COc1c(C(=O)O)sc(-c2cccc(NC3CCN(S(=O)(=O)Cc4cccc(NC(=O)CCOCCCc5cccc6c5C(=O)N(C5CCC(=O)NC5=O)C6=O)c4)CC3)c2)c1Cl. The molecule has 0 radical (unpaired) electrons. The molecule has 3 aromatic carbocycles. The fraction of sp³-hybridized carbons (Fsp3) is 0.341. The molecule has 5 N–H and O–H groups in total. The van der Waals surface area contributed by atoms with E-state index in [0.29, 0.717) is 58.6 Å². The van der Waals surface area contributed by atoms with Crippen LogP contribution >= 0.6 is 22.9 Å². The summed E-state index contributed by atoms with van der Waals surface area (Å²) >= 11 is 7.33. The number of rotatable bonds is 19. The van der Waals surface area contributed by atoms with Gasteiger partial charge < -0.3 is 30.3 Å². The minimum absolute atomic E-state index is 0.00855. The maximum atomic E-state index is 13.5. The third-order valence-corrected chi connectivity index (χ3v) is 14.5. The Balaban J connectivity index is 0.839. The van der Waals surface area contributed by atoms with Gasteiger partial charge >= 0.3 is 11.9 Å². The highest BCUT2D eigenvalue weighted by Crippen LogP contribution is 2.46. The molecule has 3 aliphatic heterocycles. The Morgan fingerprint density at radius 3 is 2.38 bits per heavy atom. The zero-order chi connectivity index (χ0) is 46.4. The van der Waals surface area contributed by atoms with E-state index in [1.54, 1.807) is 54.6 Å². The average Bonchev–Trinajstić information content (AvgIpc) is 3.73. The number of hydrogen-bond donors (Lipinski definition) is 5. The number of ether oxygens (including phenoxy) is 2. The van der Waals surface area contributed by atoms with Gasteiger partial charge in [0, 0.05) is 43.5 Å². The van der Waals surface area contributed by atoms with Crippen molar-refractivity contribution in [1.82, 2.24) is 14.5 Å². The number of nitrogens with zero attached hydrogens (tertiary/aromatic N) is 2. The Morgan fingerprint density at radius 2 is 1.65 bits per heavy atom. The molecule has 5 amide bonds. The summed E-state index contributed by atoms with van der Waals surface area (Å²) in [5.41, 5.74) is 3.30. The van der Waals surface area contributed by atoms with Gasteiger partial charge in [-0.05, 0) is 79.1 Å². The van der Waals surface area contributed by atoms with Crippen molar-refractivity contribution >= 4 is 85.8 Å². The number of carboxylic acids is 2. The molecule has 21 heteroatoms. The van der Waals surface area contributed by atoms with Crippen molar-refractivity contribution < 1.29 is 61.7 Å². The van der Waals surface area contributed by atoms with E-state index in [1.165, 1.54) is 10.4 Å². The number of carbonyl (C=O) groups excluding carboxylic acids is 5. The minimum Gasteiger partial charge on any atom is -0.479 e. The van der Waals surface area contributed by atoms with Gasteiger partial charge in [-0.3, -0.25) is 34.2 Å². The summed E-state index contributed by atoms with van der Waals surface area (Å²) in [4.78, 5) is 87.2. The van der Waals surface area contributed by atoms with Crippen LogP contribution in [0.25, 0.3) is 10.4 Å². The Labute approximate surface area is 381 Å². The number of carbonyl (C=O) groups is 7. The number of amides is 5. The Bertz CT molecular complexity index is 2660. The zero-order valence-electron chi connectivity index (χ0n) is 34.7. The van der Waals surface area contributed by atoms with Gasteiger partial charge in [-0.25, -0.2) is 22.3 Å². The summed E-state index contributed by atoms with van der Waals surface area (Å²) in [7, 11) is -3.71. The first-order valence-electron chi connectivity index (χ1n) is 20.6. The number of fused-ring (bicyclic) bond motifs is 1. The van der Waals surface area contributed by atoms with E-state index in [-0.39, 0.29) is 90.0 Å². The third kappa shape index (κ3) is 11.0. The molecule has 0 aliphatic carbocycles. The van der Waals surface area contributed by atoms with Gasteiger partial charge in [0.05, 0.1) is 34.8 Å². The number of imide groups is 2. The summed E-state index contributed by atoms with van der Waals surface area (Å²) < 4.78 is 39.3. The number of benzene rings is 3. The maximum absolute atomic E-state index is 13.5. The van der Waals surface area contributed by atoms with Crippen LogP contribution in [0.4, 0.5) is 11.4 Å². The van der Waals surface area contributed by atoms with E-state index in [2.05, 4.69) is 16.0 Å². The number of halogens is 1. The van der Waals surface area contributed by atoms with Gasteiger partial charge in [-0.15, -0.1) is 11.3 Å². The minimum atomic E-state index is -3.71. The van der Waals surface area contributed by atoms with E-state index in [0.717, 1.165) is 16.2 Å². The molecular formula is C44H44ClN5O13S2. The van der Waals surface area contributed by atoms with Gasteiger partial charge in [0.2, 0.25) is 27.7 Å². The van der Waals surface area contributed by atoms with Gasteiger partial charge in [0.1, 0.15) is 11.1 Å². The quantitative estimate of drug-likeness (QED) is 0.0612. The summed E-state index contributed by atoms with van der Waals surface area (Å²) in [5.74, 6) is -5.66. The maximum Gasteiger partial charge on any atom is 0.349 e. The first-order chi connectivity index (χ1) is 31.1. The normalized spacial score (nSPS) is 16.9. The molecular weight excluding hydrogens is 906 g/mol. The average molecular weight is 950 g/mol. The number of nitrogens with one attached hydrogen (secondary N) is 3. The van der Waals surface area contributed by atoms with E-state index in [9.17, 15) is 47.1 Å². The lowest BCUT2D eigenvalue weighted by Gasteiger charge is -2.32. The second kappa shape index (κ2) is 20.3. The highest BCUT2D eigenvalue weighted by Gasteiger charge is 2.45. The highest BCUT2D eigenvalue weighted by atomic mass is 35.5. The standard InChI is InChI=1S/C44H44ClN5O13S2/c45-37-38(63-23-35(53)54)40(44(58)59)64-39(37)27-7-2-10-30(22-27)46-28-14-17-49(18-15-28)65(60,61)24-25-5-1-9-29(21-25)47-34(52)16-20-62-19-4-8-26-6-3-11-31-36(26)43(57)50(42(31)56)32-12-13-33(51)48-41(32)55/h1-3,5-7,9-11,21-22,28,32,46H,4,8,12-20,23-24H2,(H,47,52)(H,53,54)(H,58,59)(H,48,51,55). The molecule has 1 unspecified atom stereocenters. The van der Waals surface area contributed by atoms with E-state index in [1.807, 2.05) is 6.07 Å². The van der Waals surface area contributed by atoms with Crippen LogP contribution in [0.5, 0.6) is 5.75 Å². The van der Waals surface area contributed by atoms with Crippen LogP contribution in [0, 0.1) is 0 Å². The zero-order valence-corrected chi connectivity index (χ0v) is 37.1.